The third-order valence-corrected chi connectivity index (χ3v) is 4.88. The molecule has 1 fully saturated rings. The molecule has 1 saturated carbocycles. The highest BCUT2D eigenvalue weighted by molar-refractivity contribution is 5.76. The number of hydrogen-bond donors (Lipinski definition) is 2. The second-order valence-electron chi connectivity index (χ2n) is 6.69. The van der Waals surface area contributed by atoms with Crippen LogP contribution in [0.4, 0.5) is 0 Å². The zero-order valence-corrected chi connectivity index (χ0v) is 14.6. The highest BCUT2D eigenvalue weighted by atomic mass is 16.5. The molecule has 2 aromatic carbocycles. The Balaban J connectivity index is 1.53. The number of carbonyl (C=O) groups is 1. The summed E-state index contributed by atoms with van der Waals surface area (Å²) in [5.74, 6) is 1.01. The van der Waals surface area contributed by atoms with Crippen LogP contribution in [0.2, 0.25) is 0 Å². The van der Waals surface area contributed by atoms with E-state index in [1.54, 1.807) is 7.11 Å². The Morgan fingerprint density at radius 3 is 2.44 bits per heavy atom. The van der Waals surface area contributed by atoms with E-state index in [9.17, 15) is 9.90 Å². The van der Waals surface area contributed by atoms with Crippen LogP contribution in [0.3, 0.4) is 0 Å². The number of aryl methyl sites for hydroxylation is 1. The highest BCUT2D eigenvalue weighted by Gasteiger charge is 2.45. The molecule has 1 atom stereocenters. The number of ether oxygens (including phenoxy) is 1. The van der Waals surface area contributed by atoms with Gasteiger partial charge in [-0.2, -0.15) is 0 Å². The van der Waals surface area contributed by atoms with Crippen molar-refractivity contribution >= 4 is 5.91 Å². The average Bonchev–Trinajstić information content (AvgIpc) is 3.51. The monoisotopic (exact) mass is 339 g/mol. The van der Waals surface area contributed by atoms with Crippen LogP contribution in [-0.2, 0) is 16.8 Å². The van der Waals surface area contributed by atoms with Crippen LogP contribution >= 0.6 is 0 Å². The summed E-state index contributed by atoms with van der Waals surface area (Å²) in [6.45, 7) is 0.267. The van der Waals surface area contributed by atoms with E-state index in [0.717, 1.165) is 29.7 Å². The number of aliphatic hydroxyl groups is 1. The van der Waals surface area contributed by atoms with Gasteiger partial charge in [0.05, 0.1) is 13.7 Å². The molecule has 0 heterocycles. The minimum Gasteiger partial charge on any atom is -0.497 e. The molecule has 4 heteroatoms. The van der Waals surface area contributed by atoms with E-state index >= 15 is 0 Å². The van der Waals surface area contributed by atoms with Gasteiger partial charge >= 0.3 is 0 Å². The van der Waals surface area contributed by atoms with Crippen LogP contribution in [0.1, 0.15) is 30.4 Å². The lowest BCUT2D eigenvalue weighted by Gasteiger charge is -2.29. The number of carbonyl (C=O) groups excluding carboxylic acids is 1. The van der Waals surface area contributed by atoms with Crippen molar-refractivity contribution in [2.24, 2.45) is 5.92 Å². The van der Waals surface area contributed by atoms with Crippen molar-refractivity contribution < 1.29 is 14.6 Å². The maximum Gasteiger partial charge on any atom is 0.220 e. The molecule has 4 nitrogen and oxygen atoms in total. The van der Waals surface area contributed by atoms with E-state index < -0.39 is 5.60 Å². The number of benzene rings is 2. The predicted octanol–water partition coefficient (Wildman–Crippen LogP) is 3.04. The number of methoxy groups -OCH3 is 1. The molecule has 132 valence electrons. The molecule has 25 heavy (non-hydrogen) atoms. The van der Waals surface area contributed by atoms with Crippen LogP contribution in [0.15, 0.2) is 54.6 Å². The molecule has 2 N–H and O–H groups in total. The van der Waals surface area contributed by atoms with Gasteiger partial charge in [-0.25, -0.2) is 0 Å². The zero-order valence-electron chi connectivity index (χ0n) is 14.6. The summed E-state index contributed by atoms with van der Waals surface area (Å²) in [6, 6.07) is 17.4. The quantitative estimate of drug-likeness (QED) is 0.777. The molecule has 0 radical (unpaired) electrons. The van der Waals surface area contributed by atoms with Crippen LogP contribution in [0, 0.1) is 5.92 Å². The Kier molecular flexibility index (Phi) is 5.39. The third kappa shape index (κ3) is 4.40. The standard InChI is InChI=1S/C21H25NO3/c1-25-19-12-7-16(8-13-19)9-14-20(23)22-15-21(24,18-10-11-18)17-5-3-2-4-6-17/h2-8,12-13,18,24H,9-11,14-15H2,1H3,(H,22,23). The summed E-state index contributed by atoms with van der Waals surface area (Å²) in [6.07, 6.45) is 3.09. The zero-order chi connectivity index (χ0) is 17.7. The molecular formula is C21H25NO3. The Morgan fingerprint density at radius 2 is 1.84 bits per heavy atom. The van der Waals surface area contributed by atoms with Gasteiger partial charge in [0, 0.05) is 6.42 Å². The molecule has 1 aliphatic carbocycles. The van der Waals surface area contributed by atoms with Crippen molar-refractivity contribution in [2.75, 3.05) is 13.7 Å². The van der Waals surface area contributed by atoms with Gasteiger partial charge < -0.3 is 15.2 Å². The maximum absolute atomic E-state index is 12.2. The van der Waals surface area contributed by atoms with Crippen molar-refractivity contribution in [3.8, 4) is 5.75 Å². The van der Waals surface area contributed by atoms with E-state index in [1.807, 2.05) is 54.6 Å². The Morgan fingerprint density at radius 1 is 1.16 bits per heavy atom. The minimum absolute atomic E-state index is 0.0363. The first-order valence-electron chi connectivity index (χ1n) is 8.79. The predicted molar refractivity (Wildman–Crippen MR) is 97.4 cm³/mol. The third-order valence-electron chi connectivity index (χ3n) is 4.88. The Hall–Kier alpha value is -2.33. The van der Waals surface area contributed by atoms with E-state index in [0.29, 0.717) is 12.8 Å². The smallest absolute Gasteiger partial charge is 0.220 e. The van der Waals surface area contributed by atoms with Gasteiger partial charge in [-0.1, -0.05) is 42.5 Å². The summed E-state index contributed by atoms with van der Waals surface area (Å²) in [7, 11) is 1.64. The van der Waals surface area contributed by atoms with Gasteiger partial charge in [0.25, 0.3) is 0 Å². The van der Waals surface area contributed by atoms with Crippen LogP contribution in [-0.4, -0.2) is 24.7 Å². The minimum atomic E-state index is -0.961. The molecule has 0 saturated heterocycles. The number of hydrogen-bond acceptors (Lipinski definition) is 3. The largest absolute Gasteiger partial charge is 0.497 e. The fraction of sp³-hybridized carbons (Fsp3) is 0.381. The number of rotatable bonds is 8. The van der Waals surface area contributed by atoms with Gasteiger partial charge in [-0.3, -0.25) is 4.79 Å². The first-order valence-corrected chi connectivity index (χ1v) is 8.79. The SMILES string of the molecule is COc1ccc(CCC(=O)NCC(O)(c2ccccc2)C2CC2)cc1. The fourth-order valence-electron chi connectivity index (χ4n) is 3.14. The number of amides is 1. The summed E-state index contributed by atoms with van der Waals surface area (Å²) < 4.78 is 5.13. The topological polar surface area (TPSA) is 58.6 Å². The molecule has 2 aromatic rings. The maximum atomic E-state index is 12.2. The normalized spacial score (nSPS) is 16.1. The van der Waals surface area contributed by atoms with Crippen molar-refractivity contribution in [1.82, 2.24) is 5.32 Å². The molecule has 0 spiro atoms. The Bertz CT molecular complexity index is 695. The Labute approximate surface area is 148 Å². The lowest BCUT2D eigenvalue weighted by Crippen LogP contribution is -2.42. The van der Waals surface area contributed by atoms with Crippen molar-refractivity contribution in [2.45, 2.75) is 31.3 Å². The fourth-order valence-corrected chi connectivity index (χ4v) is 3.14. The molecular weight excluding hydrogens is 314 g/mol. The molecule has 1 unspecified atom stereocenters. The summed E-state index contributed by atoms with van der Waals surface area (Å²) in [5, 5.41) is 14.0. The van der Waals surface area contributed by atoms with Gasteiger partial charge in [-0.15, -0.1) is 0 Å². The van der Waals surface area contributed by atoms with E-state index in [2.05, 4.69) is 5.32 Å². The molecule has 0 aromatic heterocycles. The van der Waals surface area contributed by atoms with E-state index in [-0.39, 0.29) is 18.4 Å². The van der Waals surface area contributed by atoms with Crippen LogP contribution < -0.4 is 10.1 Å². The van der Waals surface area contributed by atoms with Gasteiger partial charge in [0.15, 0.2) is 0 Å². The van der Waals surface area contributed by atoms with Crippen LogP contribution in [0.25, 0.3) is 0 Å². The molecule has 1 aliphatic rings. The summed E-state index contributed by atoms with van der Waals surface area (Å²) in [5.41, 5.74) is 1.02. The summed E-state index contributed by atoms with van der Waals surface area (Å²) in [4.78, 5) is 12.2. The average molecular weight is 339 g/mol. The second-order valence-corrected chi connectivity index (χ2v) is 6.69. The first kappa shape index (κ1) is 17.5. The number of nitrogens with one attached hydrogen (secondary N) is 1. The second kappa shape index (κ2) is 7.70. The molecule has 0 aliphatic heterocycles. The summed E-state index contributed by atoms with van der Waals surface area (Å²) >= 11 is 0. The lowest BCUT2D eigenvalue weighted by atomic mass is 9.88. The lowest BCUT2D eigenvalue weighted by molar-refractivity contribution is -0.122. The molecule has 3 rings (SSSR count). The van der Waals surface area contributed by atoms with Crippen molar-refractivity contribution in [1.29, 1.82) is 0 Å². The van der Waals surface area contributed by atoms with Crippen molar-refractivity contribution in [3.05, 3.63) is 65.7 Å². The van der Waals surface area contributed by atoms with Gasteiger partial charge in [0.1, 0.15) is 11.4 Å². The van der Waals surface area contributed by atoms with Crippen LogP contribution in [0.5, 0.6) is 5.75 Å². The van der Waals surface area contributed by atoms with Gasteiger partial charge in [-0.05, 0) is 48.4 Å². The first-order chi connectivity index (χ1) is 12.1. The molecule has 0 bridgehead atoms. The highest BCUT2D eigenvalue weighted by Crippen LogP contribution is 2.45. The van der Waals surface area contributed by atoms with Gasteiger partial charge in [0.2, 0.25) is 5.91 Å². The molecule has 1 amide bonds. The van der Waals surface area contributed by atoms with E-state index in [4.69, 9.17) is 4.74 Å². The van der Waals surface area contributed by atoms with Crippen molar-refractivity contribution in [3.63, 3.8) is 0 Å². The van der Waals surface area contributed by atoms with E-state index in [1.165, 1.54) is 0 Å².